The van der Waals surface area contributed by atoms with Crippen molar-refractivity contribution in [2.24, 2.45) is 7.05 Å². The molecule has 0 atom stereocenters. The lowest BCUT2D eigenvalue weighted by atomic mass is 9.99. The van der Waals surface area contributed by atoms with Crippen LogP contribution >= 0.6 is 0 Å². The molecule has 0 aliphatic heterocycles. The molecule has 9 aromatic carbocycles. The first kappa shape index (κ1) is 38.0. The van der Waals surface area contributed by atoms with E-state index >= 15 is 0 Å². The standard InChI is InChI=1S/C60H38N8/c1-66-57(40-22-9-4-10-23-40)62-56-55(39-20-7-3-8-21-39)64-60(65-58(56)66)67-49-28-16-14-25-44(49)46-35-41(30-32-50(46)67)42-31-33-51-47(36-42)53-43-24-12-11-17-37(43)29-34-52(53)68(51)59-61-48-27-15-13-26-45(48)54(63-59)38-18-5-2-6-19-38/h2-36H,1H3. The summed E-state index contributed by atoms with van der Waals surface area (Å²) in [6.07, 6.45) is 0. The van der Waals surface area contributed by atoms with Crippen LogP contribution in [0, 0.1) is 0 Å². The lowest BCUT2D eigenvalue weighted by molar-refractivity contribution is 0.923. The Morgan fingerprint density at radius 1 is 0.338 bits per heavy atom. The van der Waals surface area contributed by atoms with E-state index in [1.807, 2.05) is 55.6 Å². The van der Waals surface area contributed by atoms with Crippen molar-refractivity contribution in [3.8, 4) is 56.9 Å². The highest BCUT2D eigenvalue weighted by Gasteiger charge is 2.23. The molecule has 0 radical (unpaired) electrons. The van der Waals surface area contributed by atoms with Crippen molar-refractivity contribution in [1.29, 1.82) is 0 Å². The Bertz CT molecular complexity index is 4320. The average Bonchev–Trinajstić information content (AvgIpc) is 4.05. The zero-order valence-electron chi connectivity index (χ0n) is 36.8. The number of para-hydroxylation sites is 2. The molecule has 318 valence electrons. The molecule has 68 heavy (non-hydrogen) atoms. The summed E-state index contributed by atoms with van der Waals surface area (Å²) in [5.74, 6) is 2.06. The first-order chi connectivity index (χ1) is 33.6. The summed E-state index contributed by atoms with van der Waals surface area (Å²) < 4.78 is 6.52. The number of hydrogen-bond donors (Lipinski definition) is 0. The van der Waals surface area contributed by atoms with Crippen LogP contribution in [-0.2, 0) is 7.05 Å². The minimum atomic E-state index is 0.588. The van der Waals surface area contributed by atoms with Crippen molar-refractivity contribution in [3.63, 3.8) is 0 Å². The zero-order valence-corrected chi connectivity index (χ0v) is 36.8. The molecule has 0 saturated carbocycles. The SMILES string of the molecule is Cn1c(-c2ccccc2)nc2c(-c3ccccc3)nc(-n3c4ccccc4c4cc(-c5ccc6c(c5)c5c7ccccc7ccc5n6-c5nc(-c6ccccc6)c6ccccc6n5)ccc43)nc21. The van der Waals surface area contributed by atoms with Crippen molar-refractivity contribution in [2.75, 3.05) is 0 Å². The van der Waals surface area contributed by atoms with Gasteiger partial charge >= 0.3 is 0 Å². The van der Waals surface area contributed by atoms with Gasteiger partial charge in [0.2, 0.25) is 11.9 Å². The molecule has 0 aliphatic carbocycles. The van der Waals surface area contributed by atoms with E-state index in [2.05, 4.69) is 177 Å². The summed E-state index contributed by atoms with van der Waals surface area (Å²) in [6.45, 7) is 0. The van der Waals surface area contributed by atoms with Gasteiger partial charge in [-0.2, -0.15) is 4.98 Å². The lowest BCUT2D eigenvalue weighted by Crippen LogP contribution is -2.04. The van der Waals surface area contributed by atoms with E-state index in [0.29, 0.717) is 11.9 Å². The fourth-order valence-corrected chi connectivity index (χ4v) is 10.3. The van der Waals surface area contributed by atoms with Gasteiger partial charge < -0.3 is 4.57 Å². The average molecular weight is 871 g/mol. The number of hydrogen-bond acceptors (Lipinski definition) is 5. The first-order valence-electron chi connectivity index (χ1n) is 22.8. The molecule has 14 rings (SSSR count). The smallest absolute Gasteiger partial charge is 0.237 e. The molecule has 8 nitrogen and oxygen atoms in total. The number of rotatable bonds is 6. The summed E-state index contributed by atoms with van der Waals surface area (Å²) in [5, 5.41) is 7.93. The van der Waals surface area contributed by atoms with Gasteiger partial charge in [0.25, 0.3) is 0 Å². The van der Waals surface area contributed by atoms with Crippen molar-refractivity contribution in [2.45, 2.75) is 0 Å². The summed E-state index contributed by atoms with van der Waals surface area (Å²) in [6, 6.07) is 74.4. The number of benzene rings is 9. The molecule has 0 amide bonds. The van der Waals surface area contributed by atoms with Crippen LogP contribution in [-0.4, -0.2) is 38.6 Å². The molecular formula is C60H38N8. The second-order valence-electron chi connectivity index (χ2n) is 17.4. The Morgan fingerprint density at radius 2 is 0.868 bits per heavy atom. The molecular weight excluding hydrogens is 833 g/mol. The maximum absolute atomic E-state index is 5.36. The van der Waals surface area contributed by atoms with Crippen LogP contribution < -0.4 is 0 Å². The fourth-order valence-electron chi connectivity index (χ4n) is 10.3. The van der Waals surface area contributed by atoms with Gasteiger partial charge in [0, 0.05) is 50.7 Å². The molecule has 0 bridgehead atoms. The first-order valence-corrected chi connectivity index (χ1v) is 22.8. The van der Waals surface area contributed by atoms with E-state index in [4.69, 9.17) is 24.9 Å². The van der Waals surface area contributed by atoms with Crippen LogP contribution in [0.1, 0.15) is 0 Å². The lowest BCUT2D eigenvalue weighted by Gasteiger charge is -2.12. The molecule has 0 aliphatic rings. The van der Waals surface area contributed by atoms with Gasteiger partial charge in [0.05, 0.1) is 33.3 Å². The molecule has 5 aromatic heterocycles. The number of aryl methyl sites for hydroxylation is 1. The number of fused-ring (bicyclic) bond motifs is 10. The summed E-state index contributed by atoms with van der Waals surface area (Å²) >= 11 is 0. The fraction of sp³-hybridized carbons (Fsp3) is 0.0167. The van der Waals surface area contributed by atoms with Gasteiger partial charge in [-0.15, -0.1) is 0 Å². The van der Waals surface area contributed by atoms with Gasteiger partial charge in [-0.1, -0.05) is 170 Å². The topological polar surface area (TPSA) is 79.2 Å². The molecule has 8 heteroatoms. The Kier molecular flexibility index (Phi) is 8.33. The largest absolute Gasteiger partial charge is 0.312 e. The van der Waals surface area contributed by atoms with E-state index < -0.39 is 0 Å². The van der Waals surface area contributed by atoms with E-state index in [1.54, 1.807) is 0 Å². The molecule has 0 spiro atoms. The van der Waals surface area contributed by atoms with Gasteiger partial charge in [0.1, 0.15) is 17.0 Å². The van der Waals surface area contributed by atoms with E-state index in [-0.39, 0.29) is 0 Å². The zero-order chi connectivity index (χ0) is 44.9. The maximum atomic E-state index is 5.36. The van der Waals surface area contributed by atoms with E-state index in [9.17, 15) is 0 Å². The monoisotopic (exact) mass is 870 g/mol. The van der Waals surface area contributed by atoms with Crippen molar-refractivity contribution >= 4 is 76.5 Å². The second kappa shape index (κ2) is 14.9. The highest BCUT2D eigenvalue weighted by Crippen LogP contribution is 2.41. The minimum absolute atomic E-state index is 0.588. The third-order valence-electron chi connectivity index (χ3n) is 13.5. The summed E-state index contributed by atoms with van der Waals surface area (Å²) in [7, 11) is 2.04. The highest BCUT2D eigenvalue weighted by atomic mass is 15.2. The molecule has 14 aromatic rings. The molecule has 0 fully saturated rings. The number of aromatic nitrogens is 8. The molecule has 0 unspecified atom stereocenters. The maximum Gasteiger partial charge on any atom is 0.237 e. The predicted molar refractivity (Wildman–Crippen MR) is 277 cm³/mol. The van der Waals surface area contributed by atoms with Crippen LogP contribution in [0.15, 0.2) is 212 Å². The Hall–Kier alpha value is -9.27. The number of nitrogens with zero attached hydrogens (tertiary/aromatic N) is 8. The van der Waals surface area contributed by atoms with Crippen molar-refractivity contribution in [3.05, 3.63) is 212 Å². The quantitative estimate of drug-likeness (QED) is 0.166. The second-order valence-corrected chi connectivity index (χ2v) is 17.4. The Labute approximate surface area is 389 Å². The van der Waals surface area contributed by atoms with Crippen molar-refractivity contribution in [1.82, 2.24) is 38.6 Å². The summed E-state index contributed by atoms with van der Waals surface area (Å²) in [4.78, 5) is 26.5. The van der Waals surface area contributed by atoms with Crippen LogP contribution in [0.5, 0.6) is 0 Å². The van der Waals surface area contributed by atoms with E-state index in [1.165, 1.54) is 16.2 Å². The molecule has 0 N–H and O–H groups in total. The van der Waals surface area contributed by atoms with Crippen molar-refractivity contribution < 1.29 is 0 Å². The van der Waals surface area contributed by atoms with Crippen LogP contribution in [0.2, 0.25) is 0 Å². The third kappa shape index (κ3) is 5.77. The Balaban J connectivity index is 0.975. The minimum Gasteiger partial charge on any atom is -0.312 e. The van der Waals surface area contributed by atoms with Gasteiger partial charge in [0.15, 0.2) is 5.65 Å². The third-order valence-corrected chi connectivity index (χ3v) is 13.5. The molecule has 5 heterocycles. The number of imidazole rings is 1. The van der Waals surface area contributed by atoms with Gasteiger partial charge in [-0.3, -0.25) is 9.13 Å². The van der Waals surface area contributed by atoms with E-state index in [0.717, 1.165) is 105 Å². The van der Waals surface area contributed by atoms with Crippen LogP contribution in [0.3, 0.4) is 0 Å². The van der Waals surface area contributed by atoms with Gasteiger partial charge in [-0.05, 0) is 64.4 Å². The van der Waals surface area contributed by atoms with Gasteiger partial charge in [-0.25, -0.2) is 19.9 Å². The predicted octanol–water partition coefficient (Wildman–Crippen LogP) is 14.3. The Morgan fingerprint density at radius 3 is 1.62 bits per heavy atom. The summed E-state index contributed by atoms with van der Waals surface area (Å²) in [5.41, 5.74) is 13.5. The van der Waals surface area contributed by atoms with Crippen LogP contribution in [0.4, 0.5) is 0 Å². The highest BCUT2D eigenvalue weighted by molar-refractivity contribution is 6.22. The normalized spacial score (nSPS) is 11.9. The van der Waals surface area contributed by atoms with Crippen LogP contribution in [0.25, 0.3) is 133 Å². The molecule has 0 saturated heterocycles.